The first kappa shape index (κ1) is 15.0. The maximum absolute atomic E-state index is 13.1. The molecule has 0 aliphatic heterocycles. The maximum atomic E-state index is 13.1. The fourth-order valence-corrected chi connectivity index (χ4v) is 1.50. The molecule has 0 aromatic heterocycles. The van der Waals surface area contributed by atoms with Crippen molar-refractivity contribution in [3.63, 3.8) is 0 Å². The van der Waals surface area contributed by atoms with Crippen molar-refractivity contribution in [2.24, 2.45) is 11.7 Å². The Hall–Kier alpha value is -2.02. The number of nitrogens with zero attached hydrogens (tertiary/aromatic N) is 1. The van der Waals surface area contributed by atoms with E-state index >= 15 is 0 Å². The van der Waals surface area contributed by atoms with Gasteiger partial charge in [0.2, 0.25) is 5.91 Å². The Balaban J connectivity index is 2.95. The molecule has 104 valence electrons. The number of nitro benzene ring substituents is 1. The van der Waals surface area contributed by atoms with Crippen molar-refractivity contribution in [1.82, 2.24) is 0 Å². The number of hydrogen-bond acceptors (Lipinski definition) is 4. The van der Waals surface area contributed by atoms with Crippen LogP contribution in [0.15, 0.2) is 18.2 Å². The first-order valence-electron chi connectivity index (χ1n) is 5.87. The predicted molar refractivity (Wildman–Crippen MR) is 69.1 cm³/mol. The summed E-state index contributed by atoms with van der Waals surface area (Å²) in [5, 5.41) is 13.1. The van der Waals surface area contributed by atoms with E-state index in [4.69, 9.17) is 5.73 Å². The summed E-state index contributed by atoms with van der Waals surface area (Å²) in [7, 11) is 0. The lowest BCUT2D eigenvalue weighted by atomic mass is 9.99. The third kappa shape index (κ3) is 3.72. The molecule has 1 rings (SSSR count). The fraction of sp³-hybridized carbons (Fsp3) is 0.417. The molecule has 1 unspecified atom stereocenters. The average Bonchev–Trinajstić information content (AvgIpc) is 2.36. The summed E-state index contributed by atoms with van der Waals surface area (Å²) < 4.78 is 13.1. The second-order valence-electron chi connectivity index (χ2n) is 4.32. The van der Waals surface area contributed by atoms with Gasteiger partial charge < -0.3 is 11.1 Å². The van der Waals surface area contributed by atoms with Crippen molar-refractivity contribution in [1.29, 1.82) is 0 Å². The molecule has 7 heteroatoms. The summed E-state index contributed by atoms with van der Waals surface area (Å²) in [4.78, 5) is 21.9. The molecule has 0 saturated heterocycles. The third-order valence-corrected chi connectivity index (χ3v) is 2.97. The van der Waals surface area contributed by atoms with Gasteiger partial charge >= 0.3 is 0 Å². The van der Waals surface area contributed by atoms with Gasteiger partial charge in [0.05, 0.1) is 11.0 Å². The van der Waals surface area contributed by atoms with Gasteiger partial charge in [-0.15, -0.1) is 0 Å². The van der Waals surface area contributed by atoms with Crippen molar-refractivity contribution < 1.29 is 14.1 Å². The van der Waals surface area contributed by atoms with Crippen LogP contribution in [0.2, 0.25) is 0 Å². The number of rotatable bonds is 5. The molecule has 3 N–H and O–H groups in total. The summed E-state index contributed by atoms with van der Waals surface area (Å²) in [6.07, 6.45) is 0.694. The highest BCUT2D eigenvalue weighted by atomic mass is 19.1. The molecule has 1 aromatic carbocycles. The van der Waals surface area contributed by atoms with Crippen LogP contribution in [0, 0.1) is 21.8 Å². The molecule has 0 bridgehead atoms. The lowest BCUT2D eigenvalue weighted by molar-refractivity contribution is -0.384. The number of carbonyl (C=O) groups excluding carboxylic acids is 1. The second kappa shape index (κ2) is 6.24. The molecule has 0 fully saturated rings. The van der Waals surface area contributed by atoms with Crippen molar-refractivity contribution >= 4 is 17.3 Å². The molecule has 2 atom stereocenters. The van der Waals surface area contributed by atoms with E-state index in [1.54, 1.807) is 6.92 Å². The zero-order valence-electron chi connectivity index (χ0n) is 10.7. The number of amides is 1. The molecule has 0 aliphatic carbocycles. The number of anilines is 1. The van der Waals surface area contributed by atoms with Crippen LogP contribution in [0.3, 0.4) is 0 Å². The van der Waals surface area contributed by atoms with Gasteiger partial charge in [0.1, 0.15) is 11.5 Å². The highest BCUT2D eigenvalue weighted by Gasteiger charge is 2.23. The Bertz CT molecular complexity index is 493. The van der Waals surface area contributed by atoms with Gasteiger partial charge in [-0.2, -0.15) is 0 Å². The molecular weight excluding hydrogens is 253 g/mol. The second-order valence-corrected chi connectivity index (χ2v) is 4.32. The lowest BCUT2D eigenvalue weighted by Crippen LogP contribution is -2.40. The van der Waals surface area contributed by atoms with Crippen LogP contribution >= 0.6 is 0 Å². The van der Waals surface area contributed by atoms with Crippen LogP contribution in [0.4, 0.5) is 15.8 Å². The molecule has 0 radical (unpaired) electrons. The van der Waals surface area contributed by atoms with Crippen molar-refractivity contribution in [2.75, 3.05) is 5.32 Å². The molecule has 1 aromatic rings. The van der Waals surface area contributed by atoms with Gasteiger partial charge in [-0.25, -0.2) is 4.39 Å². The van der Waals surface area contributed by atoms with Crippen molar-refractivity contribution in [3.8, 4) is 0 Å². The Morgan fingerprint density at radius 2 is 2.21 bits per heavy atom. The lowest BCUT2D eigenvalue weighted by Gasteiger charge is -2.17. The van der Waals surface area contributed by atoms with E-state index in [0.717, 1.165) is 18.2 Å². The quantitative estimate of drug-likeness (QED) is 0.631. The first-order chi connectivity index (χ1) is 8.86. The number of benzene rings is 1. The maximum Gasteiger partial charge on any atom is 0.292 e. The van der Waals surface area contributed by atoms with Crippen LogP contribution in [-0.2, 0) is 4.79 Å². The zero-order chi connectivity index (χ0) is 14.6. The van der Waals surface area contributed by atoms with Crippen LogP contribution in [0.5, 0.6) is 0 Å². The van der Waals surface area contributed by atoms with E-state index in [1.807, 2.05) is 6.92 Å². The van der Waals surface area contributed by atoms with E-state index in [-0.39, 0.29) is 17.3 Å². The minimum absolute atomic E-state index is 0.0763. The first-order valence-corrected chi connectivity index (χ1v) is 5.87. The standard InChI is InChI=1S/C12H16FN3O3/c1-3-7(2)11(14)12(17)15-9-6-8(13)4-5-10(9)16(18)19/h4-7,11H,3,14H2,1-2H3,(H,15,17)/t7?,11-/m0/s1. The largest absolute Gasteiger partial charge is 0.320 e. The summed E-state index contributed by atoms with van der Waals surface area (Å²) >= 11 is 0. The van der Waals surface area contributed by atoms with Crippen LogP contribution < -0.4 is 11.1 Å². The van der Waals surface area contributed by atoms with Crippen LogP contribution in [0.1, 0.15) is 20.3 Å². The van der Waals surface area contributed by atoms with Gasteiger partial charge in [-0.3, -0.25) is 14.9 Å². The minimum atomic E-state index is -0.798. The Labute approximate surface area is 109 Å². The molecule has 0 aliphatic rings. The van der Waals surface area contributed by atoms with Crippen molar-refractivity contribution in [2.45, 2.75) is 26.3 Å². The van der Waals surface area contributed by atoms with E-state index in [2.05, 4.69) is 5.32 Å². The number of carbonyl (C=O) groups is 1. The Kier molecular flexibility index (Phi) is 4.94. The Morgan fingerprint density at radius 1 is 1.58 bits per heavy atom. The Morgan fingerprint density at radius 3 is 2.74 bits per heavy atom. The SMILES string of the molecule is CCC(C)[C@H](N)C(=O)Nc1cc(F)ccc1[N+](=O)[O-]. The number of nitrogens with two attached hydrogens (primary N) is 1. The van der Waals surface area contributed by atoms with E-state index in [9.17, 15) is 19.3 Å². The van der Waals surface area contributed by atoms with E-state index in [0.29, 0.717) is 6.42 Å². The smallest absolute Gasteiger partial charge is 0.292 e. The van der Waals surface area contributed by atoms with Gasteiger partial charge in [0.25, 0.3) is 5.69 Å². The zero-order valence-corrected chi connectivity index (χ0v) is 10.7. The molecule has 0 heterocycles. The minimum Gasteiger partial charge on any atom is -0.320 e. The van der Waals surface area contributed by atoms with Crippen LogP contribution in [0.25, 0.3) is 0 Å². The van der Waals surface area contributed by atoms with Gasteiger partial charge in [-0.1, -0.05) is 20.3 Å². The third-order valence-electron chi connectivity index (χ3n) is 2.97. The number of nitrogens with one attached hydrogen (secondary N) is 1. The molecule has 19 heavy (non-hydrogen) atoms. The van der Waals surface area contributed by atoms with Gasteiger partial charge in [-0.05, 0) is 12.0 Å². The highest BCUT2D eigenvalue weighted by molar-refractivity contribution is 5.96. The molecule has 0 spiro atoms. The van der Waals surface area contributed by atoms with E-state index in [1.165, 1.54) is 0 Å². The fourth-order valence-electron chi connectivity index (χ4n) is 1.50. The molecule has 0 saturated carbocycles. The summed E-state index contributed by atoms with van der Waals surface area (Å²) in [6.45, 7) is 3.67. The summed E-state index contributed by atoms with van der Waals surface area (Å²) in [6, 6.07) is 2.06. The number of hydrogen-bond donors (Lipinski definition) is 2. The van der Waals surface area contributed by atoms with Crippen molar-refractivity contribution in [3.05, 3.63) is 34.1 Å². The monoisotopic (exact) mass is 269 g/mol. The van der Waals surface area contributed by atoms with Crippen LogP contribution in [-0.4, -0.2) is 16.9 Å². The average molecular weight is 269 g/mol. The molecular formula is C12H16FN3O3. The van der Waals surface area contributed by atoms with E-state index < -0.39 is 22.7 Å². The van der Waals surface area contributed by atoms with Gasteiger partial charge in [0.15, 0.2) is 0 Å². The topological polar surface area (TPSA) is 98.3 Å². The summed E-state index contributed by atoms with van der Waals surface area (Å²) in [5.74, 6) is -1.31. The summed E-state index contributed by atoms with van der Waals surface area (Å²) in [5.41, 5.74) is 5.15. The number of nitro groups is 1. The predicted octanol–water partition coefficient (Wildman–Crippen LogP) is 2.05. The molecule has 6 nitrogen and oxygen atoms in total. The normalized spacial score (nSPS) is 13.7. The van der Waals surface area contributed by atoms with Gasteiger partial charge in [0, 0.05) is 12.1 Å². The highest BCUT2D eigenvalue weighted by Crippen LogP contribution is 2.25. The number of halogens is 1. The molecule has 1 amide bonds.